The molecule has 1 aromatic heterocycles. The van der Waals surface area contributed by atoms with E-state index in [0.29, 0.717) is 31.6 Å². The van der Waals surface area contributed by atoms with E-state index in [2.05, 4.69) is 21.3 Å². The van der Waals surface area contributed by atoms with Gasteiger partial charge in [-0.15, -0.1) is 0 Å². The van der Waals surface area contributed by atoms with Crippen molar-refractivity contribution in [1.82, 2.24) is 14.8 Å². The highest BCUT2D eigenvalue weighted by atomic mass is 16.3. The summed E-state index contributed by atoms with van der Waals surface area (Å²) in [4.78, 5) is 36.4. The first kappa shape index (κ1) is 22.7. The molecule has 3 aliphatic heterocycles. The van der Waals surface area contributed by atoms with Gasteiger partial charge < -0.3 is 25.1 Å². The lowest BCUT2D eigenvalue weighted by Crippen LogP contribution is -2.51. The van der Waals surface area contributed by atoms with E-state index in [1.54, 1.807) is 12.3 Å². The Bertz CT molecular complexity index is 1080. The zero-order valence-electron chi connectivity index (χ0n) is 19.9. The number of anilines is 2. The number of aromatic nitrogens is 1. The molecule has 2 fully saturated rings. The molecule has 34 heavy (non-hydrogen) atoms. The van der Waals surface area contributed by atoms with Crippen LogP contribution in [0.3, 0.4) is 0 Å². The maximum atomic E-state index is 13.2. The first-order valence-corrected chi connectivity index (χ1v) is 12.2. The smallest absolute Gasteiger partial charge is 0.322 e. The van der Waals surface area contributed by atoms with Gasteiger partial charge in [0.1, 0.15) is 5.82 Å². The quantitative estimate of drug-likeness (QED) is 0.729. The minimum atomic E-state index is -0.388. The highest BCUT2D eigenvalue weighted by Crippen LogP contribution is 2.31. The first-order chi connectivity index (χ1) is 16.3. The number of para-hydroxylation sites is 1. The number of fused-ring (bicyclic) bond motifs is 1. The molecule has 0 radical (unpaired) electrons. The molecule has 0 aliphatic carbocycles. The van der Waals surface area contributed by atoms with E-state index >= 15 is 0 Å². The number of likely N-dealkylation sites (tertiary alicyclic amines) is 1. The molecule has 2 saturated heterocycles. The molecule has 5 rings (SSSR count). The van der Waals surface area contributed by atoms with Gasteiger partial charge in [-0.05, 0) is 43.0 Å². The van der Waals surface area contributed by atoms with Crippen molar-refractivity contribution < 1.29 is 14.7 Å². The van der Waals surface area contributed by atoms with Gasteiger partial charge in [-0.1, -0.05) is 32.0 Å². The minimum Gasteiger partial charge on any atom is -0.392 e. The highest BCUT2D eigenvalue weighted by Gasteiger charge is 2.37. The molecule has 180 valence electrons. The average Bonchev–Trinajstić information content (AvgIpc) is 2.85. The molecule has 0 saturated carbocycles. The fourth-order valence-electron chi connectivity index (χ4n) is 5.35. The number of benzene rings is 1. The van der Waals surface area contributed by atoms with Crippen molar-refractivity contribution in [2.24, 2.45) is 5.41 Å². The predicted octanol–water partition coefficient (Wildman–Crippen LogP) is 3.33. The molecule has 1 aromatic carbocycles. The normalized spacial score (nSPS) is 22.9. The summed E-state index contributed by atoms with van der Waals surface area (Å²) in [6, 6.07) is 11.7. The number of piperidine rings is 2. The summed E-state index contributed by atoms with van der Waals surface area (Å²) in [6.07, 6.45) is 3.62. The standard InChI is InChI=1S/C26H33N5O3/c1-26(2)17-30(14-10-22(26)32)24(33)18-7-11-27-23(15-18)29-12-8-20(9-13-29)31-16-19-5-3-4-6-21(19)28-25(31)34/h3-7,11,15,20,22,32H,8-10,12-14,16-17H2,1-2H3,(H,28,34). The Morgan fingerprint density at radius 1 is 1.12 bits per heavy atom. The molecule has 3 amide bonds. The van der Waals surface area contributed by atoms with Crippen LogP contribution in [0.15, 0.2) is 42.6 Å². The Morgan fingerprint density at radius 3 is 2.65 bits per heavy atom. The van der Waals surface area contributed by atoms with Crippen LogP contribution in [-0.2, 0) is 6.54 Å². The van der Waals surface area contributed by atoms with Crippen LogP contribution in [-0.4, -0.2) is 70.2 Å². The Balaban J connectivity index is 1.23. The van der Waals surface area contributed by atoms with E-state index in [4.69, 9.17) is 0 Å². The average molecular weight is 464 g/mol. The minimum absolute atomic E-state index is 0.0119. The number of urea groups is 1. The van der Waals surface area contributed by atoms with Crippen LogP contribution in [0.2, 0.25) is 0 Å². The summed E-state index contributed by atoms with van der Waals surface area (Å²) in [7, 11) is 0. The monoisotopic (exact) mass is 463 g/mol. The van der Waals surface area contributed by atoms with Crippen LogP contribution in [0, 0.1) is 5.41 Å². The van der Waals surface area contributed by atoms with E-state index in [9.17, 15) is 14.7 Å². The summed E-state index contributed by atoms with van der Waals surface area (Å²) in [5.41, 5.74) is 2.36. The Labute approximate surface area is 200 Å². The Morgan fingerprint density at radius 2 is 1.88 bits per heavy atom. The van der Waals surface area contributed by atoms with Gasteiger partial charge >= 0.3 is 6.03 Å². The molecule has 1 unspecified atom stereocenters. The second-order valence-electron chi connectivity index (χ2n) is 10.4. The molecule has 8 heteroatoms. The Kier molecular flexibility index (Phi) is 5.93. The van der Waals surface area contributed by atoms with Crippen molar-refractivity contribution in [3.63, 3.8) is 0 Å². The van der Waals surface area contributed by atoms with Crippen molar-refractivity contribution in [3.8, 4) is 0 Å². The summed E-state index contributed by atoms with van der Waals surface area (Å²) in [5, 5.41) is 13.2. The van der Waals surface area contributed by atoms with Crippen LogP contribution in [0.1, 0.15) is 49.0 Å². The van der Waals surface area contributed by atoms with Crippen molar-refractivity contribution >= 4 is 23.4 Å². The molecule has 1 atom stereocenters. The molecular weight excluding hydrogens is 430 g/mol. The topological polar surface area (TPSA) is 89.0 Å². The zero-order chi connectivity index (χ0) is 23.9. The van der Waals surface area contributed by atoms with Crippen LogP contribution in [0.25, 0.3) is 0 Å². The second kappa shape index (κ2) is 8.91. The van der Waals surface area contributed by atoms with Crippen LogP contribution < -0.4 is 10.2 Å². The lowest BCUT2D eigenvalue weighted by molar-refractivity contribution is -0.0182. The molecule has 4 heterocycles. The zero-order valence-corrected chi connectivity index (χ0v) is 19.9. The van der Waals surface area contributed by atoms with Gasteiger partial charge in [0.15, 0.2) is 0 Å². The van der Waals surface area contributed by atoms with Crippen LogP contribution >= 0.6 is 0 Å². The molecule has 2 aromatic rings. The van der Waals surface area contributed by atoms with Crippen molar-refractivity contribution in [2.45, 2.75) is 51.8 Å². The van der Waals surface area contributed by atoms with Crippen molar-refractivity contribution in [3.05, 3.63) is 53.7 Å². The fraction of sp³-hybridized carbons (Fsp3) is 0.500. The maximum absolute atomic E-state index is 13.2. The van der Waals surface area contributed by atoms with Crippen molar-refractivity contribution in [1.29, 1.82) is 0 Å². The third-order valence-corrected chi connectivity index (χ3v) is 7.54. The van der Waals surface area contributed by atoms with E-state index < -0.39 is 0 Å². The number of carbonyl (C=O) groups excluding carboxylic acids is 2. The van der Waals surface area contributed by atoms with E-state index in [-0.39, 0.29) is 29.5 Å². The van der Waals surface area contributed by atoms with Crippen LogP contribution in [0.4, 0.5) is 16.3 Å². The van der Waals surface area contributed by atoms with Gasteiger partial charge in [0, 0.05) is 61.6 Å². The van der Waals surface area contributed by atoms with E-state index in [1.807, 2.05) is 47.9 Å². The number of aliphatic hydroxyl groups excluding tert-OH is 1. The summed E-state index contributed by atoms with van der Waals surface area (Å²) < 4.78 is 0. The van der Waals surface area contributed by atoms with E-state index in [1.165, 1.54) is 0 Å². The van der Waals surface area contributed by atoms with Gasteiger partial charge in [0.05, 0.1) is 6.10 Å². The number of pyridine rings is 1. The number of hydrogen-bond donors (Lipinski definition) is 2. The fourth-order valence-corrected chi connectivity index (χ4v) is 5.35. The molecule has 0 spiro atoms. The summed E-state index contributed by atoms with van der Waals surface area (Å²) in [6.45, 7) is 7.30. The lowest BCUT2D eigenvalue weighted by atomic mass is 9.81. The number of aliphatic hydroxyl groups is 1. The number of hydrogen-bond acceptors (Lipinski definition) is 5. The first-order valence-electron chi connectivity index (χ1n) is 12.2. The second-order valence-corrected chi connectivity index (χ2v) is 10.4. The third-order valence-electron chi connectivity index (χ3n) is 7.54. The molecule has 8 nitrogen and oxygen atoms in total. The maximum Gasteiger partial charge on any atom is 0.322 e. The molecule has 0 bridgehead atoms. The van der Waals surface area contributed by atoms with Gasteiger partial charge in [-0.2, -0.15) is 0 Å². The highest BCUT2D eigenvalue weighted by molar-refractivity contribution is 5.95. The lowest BCUT2D eigenvalue weighted by Gasteiger charge is -2.42. The number of nitrogens with zero attached hydrogens (tertiary/aromatic N) is 4. The SMILES string of the molecule is CC1(C)CN(C(=O)c2ccnc(N3CCC(N4Cc5ccccc5NC4=O)CC3)c2)CCC1O. The van der Waals surface area contributed by atoms with Gasteiger partial charge in [0.2, 0.25) is 0 Å². The number of amides is 3. The Hall–Kier alpha value is -3.13. The molecule has 3 aliphatic rings. The predicted molar refractivity (Wildman–Crippen MR) is 131 cm³/mol. The number of carbonyl (C=O) groups is 2. The van der Waals surface area contributed by atoms with Gasteiger partial charge in [-0.3, -0.25) is 4.79 Å². The van der Waals surface area contributed by atoms with E-state index in [0.717, 1.165) is 43.0 Å². The molecular formula is C26H33N5O3. The number of nitrogens with one attached hydrogen (secondary N) is 1. The largest absolute Gasteiger partial charge is 0.392 e. The third kappa shape index (κ3) is 4.34. The van der Waals surface area contributed by atoms with Crippen LogP contribution in [0.5, 0.6) is 0 Å². The van der Waals surface area contributed by atoms with Gasteiger partial charge in [-0.25, -0.2) is 9.78 Å². The summed E-state index contributed by atoms with van der Waals surface area (Å²) >= 11 is 0. The summed E-state index contributed by atoms with van der Waals surface area (Å²) in [5.74, 6) is 0.788. The number of rotatable bonds is 3. The molecule has 2 N–H and O–H groups in total. The van der Waals surface area contributed by atoms with Crippen molar-refractivity contribution in [2.75, 3.05) is 36.4 Å². The van der Waals surface area contributed by atoms with Gasteiger partial charge in [0.25, 0.3) is 5.91 Å².